The van der Waals surface area contributed by atoms with Crippen molar-refractivity contribution < 1.29 is 4.74 Å². The Morgan fingerprint density at radius 1 is 1.09 bits per heavy atom. The van der Waals surface area contributed by atoms with Gasteiger partial charge in [0.1, 0.15) is 5.82 Å². The smallest absolute Gasteiger partial charge is 0.165 e. The molecule has 4 heterocycles. The van der Waals surface area contributed by atoms with E-state index in [1.165, 1.54) is 0 Å². The van der Waals surface area contributed by atoms with Gasteiger partial charge in [0, 0.05) is 54.4 Å². The molecule has 1 aromatic carbocycles. The molecule has 0 radical (unpaired) electrons. The van der Waals surface area contributed by atoms with Gasteiger partial charge in [-0.05, 0) is 35.7 Å². The standard InChI is InChI=1S/C23H24BrN7O/c1-14(29-17-7-9-32-10-8-17)20-19(24)21(25)31-23(30-20)18(13-28-31)16-11-26-22(27-12-16)15-5-3-2-4-6-15/h2-6,11-14,17,29H,7-10,25H2,1H3. The second-order valence-corrected chi connectivity index (χ2v) is 8.72. The Hall–Kier alpha value is -2.88. The molecule has 1 atom stereocenters. The fourth-order valence-electron chi connectivity index (χ4n) is 4.00. The third-order valence-corrected chi connectivity index (χ3v) is 6.57. The molecule has 1 aliphatic heterocycles. The predicted molar refractivity (Wildman–Crippen MR) is 127 cm³/mol. The van der Waals surface area contributed by atoms with Crippen LogP contribution < -0.4 is 11.1 Å². The van der Waals surface area contributed by atoms with E-state index >= 15 is 0 Å². The van der Waals surface area contributed by atoms with Crippen molar-refractivity contribution >= 4 is 27.4 Å². The Balaban J connectivity index is 1.49. The largest absolute Gasteiger partial charge is 0.383 e. The Morgan fingerprint density at radius 2 is 1.81 bits per heavy atom. The molecule has 164 valence electrons. The second-order valence-electron chi connectivity index (χ2n) is 7.93. The average molecular weight is 494 g/mol. The maximum atomic E-state index is 6.42. The lowest BCUT2D eigenvalue weighted by Gasteiger charge is -2.27. The molecule has 0 amide bonds. The highest BCUT2D eigenvalue weighted by molar-refractivity contribution is 9.10. The number of rotatable bonds is 5. The van der Waals surface area contributed by atoms with Gasteiger partial charge in [0.15, 0.2) is 11.5 Å². The predicted octanol–water partition coefficient (Wildman–Crippen LogP) is 4.03. The highest BCUT2D eigenvalue weighted by Crippen LogP contribution is 2.32. The number of benzene rings is 1. The first kappa shape index (κ1) is 21.0. The van der Waals surface area contributed by atoms with Crippen LogP contribution in [-0.4, -0.2) is 43.8 Å². The zero-order valence-electron chi connectivity index (χ0n) is 17.7. The minimum atomic E-state index is 0.0132. The Kier molecular flexibility index (Phi) is 5.86. The van der Waals surface area contributed by atoms with Crippen molar-refractivity contribution in [2.75, 3.05) is 18.9 Å². The van der Waals surface area contributed by atoms with Crippen LogP contribution in [0.5, 0.6) is 0 Å². The molecular formula is C23H24BrN7O. The first-order chi connectivity index (χ1) is 15.6. The summed E-state index contributed by atoms with van der Waals surface area (Å²) in [6.07, 6.45) is 7.34. The fraction of sp³-hybridized carbons (Fsp3) is 0.304. The van der Waals surface area contributed by atoms with E-state index in [1.54, 1.807) is 23.1 Å². The summed E-state index contributed by atoms with van der Waals surface area (Å²) >= 11 is 3.63. The Labute approximate surface area is 194 Å². The van der Waals surface area contributed by atoms with E-state index in [-0.39, 0.29) is 6.04 Å². The van der Waals surface area contributed by atoms with Gasteiger partial charge in [0.2, 0.25) is 0 Å². The van der Waals surface area contributed by atoms with Crippen molar-refractivity contribution in [3.63, 3.8) is 0 Å². The average Bonchev–Trinajstić information content (AvgIpc) is 3.27. The van der Waals surface area contributed by atoms with E-state index in [0.29, 0.717) is 23.3 Å². The number of ether oxygens (including phenoxy) is 1. The quantitative estimate of drug-likeness (QED) is 0.432. The number of halogens is 1. The lowest BCUT2D eigenvalue weighted by molar-refractivity contribution is 0.0753. The first-order valence-corrected chi connectivity index (χ1v) is 11.5. The number of nitrogens with zero attached hydrogens (tertiary/aromatic N) is 5. The molecule has 32 heavy (non-hydrogen) atoms. The maximum Gasteiger partial charge on any atom is 0.165 e. The van der Waals surface area contributed by atoms with Gasteiger partial charge in [-0.1, -0.05) is 30.3 Å². The summed E-state index contributed by atoms with van der Waals surface area (Å²) in [7, 11) is 0. The molecule has 0 saturated carbocycles. The number of aromatic nitrogens is 5. The summed E-state index contributed by atoms with van der Waals surface area (Å²) < 4.78 is 7.87. The number of anilines is 1. The van der Waals surface area contributed by atoms with E-state index in [0.717, 1.165) is 52.9 Å². The van der Waals surface area contributed by atoms with E-state index in [4.69, 9.17) is 15.5 Å². The molecule has 3 N–H and O–H groups in total. The lowest BCUT2D eigenvalue weighted by Crippen LogP contribution is -2.37. The number of nitrogen functional groups attached to an aromatic ring is 1. The third kappa shape index (κ3) is 3.99. The molecule has 5 rings (SSSR count). The summed E-state index contributed by atoms with van der Waals surface area (Å²) in [6, 6.07) is 10.3. The molecule has 4 aromatic rings. The number of hydrogen-bond acceptors (Lipinski definition) is 7. The zero-order valence-corrected chi connectivity index (χ0v) is 19.3. The third-order valence-electron chi connectivity index (χ3n) is 5.76. The van der Waals surface area contributed by atoms with Gasteiger partial charge >= 0.3 is 0 Å². The minimum Gasteiger partial charge on any atom is -0.383 e. The van der Waals surface area contributed by atoms with Crippen molar-refractivity contribution in [2.45, 2.75) is 31.8 Å². The molecule has 9 heteroatoms. The van der Waals surface area contributed by atoms with Crippen LogP contribution in [0.15, 0.2) is 53.4 Å². The minimum absolute atomic E-state index is 0.0132. The van der Waals surface area contributed by atoms with Crippen LogP contribution in [0.4, 0.5) is 5.82 Å². The van der Waals surface area contributed by atoms with Gasteiger partial charge in [-0.2, -0.15) is 9.61 Å². The summed E-state index contributed by atoms with van der Waals surface area (Å²) in [5, 5.41) is 8.12. The van der Waals surface area contributed by atoms with Crippen LogP contribution in [0, 0.1) is 0 Å². The molecule has 0 bridgehead atoms. The van der Waals surface area contributed by atoms with E-state index in [1.807, 2.05) is 30.3 Å². The Bertz CT molecular complexity index is 1220. The molecule has 3 aromatic heterocycles. The molecular weight excluding hydrogens is 470 g/mol. The molecule has 1 aliphatic rings. The molecule has 0 aliphatic carbocycles. The van der Waals surface area contributed by atoms with Crippen molar-refractivity contribution in [2.24, 2.45) is 0 Å². The van der Waals surface area contributed by atoms with Gasteiger partial charge in [-0.25, -0.2) is 15.0 Å². The molecule has 0 spiro atoms. The first-order valence-electron chi connectivity index (χ1n) is 10.7. The van der Waals surface area contributed by atoms with Gasteiger partial charge in [0.25, 0.3) is 0 Å². The van der Waals surface area contributed by atoms with Crippen LogP contribution in [0.1, 0.15) is 31.5 Å². The topological polar surface area (TPSA) is 103 Å². The number of nitrogens with one attached hydrogen (secondary N) is 1. The summed E-state index contributed by atoms with van der Waals surface area (Å²) in [4.78, 5) is 14.0. The van der Waals surface area contributed by atoms with E-state index in [2.05, 4.69) is 43.2 Å². The molecule has 1 saturated heterocycles. The van der Waals surface area contributed by atoms with Gasteiger partial charge in [-0.15, -0.1) is 0 Å². The Morgan fingerprint density at radius 3 is 2.53 bits per heavy atom. The molecule has 1 unspecified atom stereocenters. The van der Waals surface area contributed by atoms with Crippen molar-refractivity contribution in [3.8, 4) is 22.5 Å². The molecule has 8 nitrogen and oxygen atoms in total. The highest BCUT2D eigenvalue weighted by atomic mass is 79.9. The lowest BCUT2D eigenvalue weighted by atomic mass is 10.1. The normalized spacial score (nSPS) is 15.8. The van der Waals surface area contributed by atoms with Gasteiger partial charge < -0.3 is 15.8 Å². The summed E-state index contributed by atoms with van der Waals surface area (Å²) in [5.74, 6) is 1.19. The van der Waals surface area contributed by atoms with Crippen LogP contribution in [0.2, 0.25) is 0 Å². The number of fused-ring (bicyclic) bond motifs is 1. The second kappa shape index (κ2) is 8.93. The summed E-state index contributed by atoms with van der Waals surface area (Å²) in [5.41, 5.74) is 10.6. The van der Waals surface area contributed by atoms with Gasteiger partial charge in [-0.3, -0.25) is 0 Å². The monoisotopic (exact) mass is 493 g/mol. The van der Waals surface area contributed by atoms with Crippen molar-refractivity contribution in [1.82, 2.24) is 29.9 Å². The SMILES string of the molecule is CC(NC1CCOCC1)c1nc2c(-c3cnc(-c4ccccc4)nc3)cnn2c(N)c1Br. The van der Waals surface area contributed by atoms with Crippen LogP contribution in [0.3, 0.4) is 0 Å². The van der Waals surface area contributed by atoms with Crippen molar-refractivity contribution in [3.05, 3.63) is 59.1 Å². The number of nitrogens with two attached hydrogens (primary N) is 1. The zero-order chi connectivity index (χ0) is 22.1. The van der Waals surface area contributed by atoms with Crippen LogP contribution >= 0.6 is 15.9 Å². The van der Waals surface area contributed by atoms with Crippen LogP contribution in [0.25, 0.3) is 28.2 Å². The summed E-state index contributed by atoms with van der Waals surface area (Å²) in [6.45, 7) is 3.67. The number of hydrogen-bond donors (Lipinski definition) is 2. The highest BCUT2D eigenvalue weighted by Gasteiger charge is 2.23. The maximum absolute atomic E-state index is 6.42. The van der Waals surface area contributed by atoms with E-state index < -0.39 is 0 Å². The molecule has 1 fully saturated rings. The van der Waals surface area contributed by atoms with E-state index in [9.17, 15) is 0 Å². The fourth-order valence-corrected chi connectivity index (χ4v) is 4.60. The van der Waals surface area contributed by atoms with Crippen molar-refractivity contribution in [1.29, 1.82) is 0 Å². The van der Waals surface area contributed by atoms with Gasteiger partial charge in [0.05, 0.1) is 16.4 Å². The van der Waals surface area contributed by atoms with Crippen LogP contribution in [-0.2, 0) is 4.74 Å².